The van der Waals surface area contributed by atoms with Crippen LogP contribution in [0.15, 0.2) is 29.3 Å². The van der Waals surface area contributed by atoms with E-state index in [2.05, 4.69) is 42.0 Å². The van der Waals surface area contributed by atoms with Crippen molar-refractivity contribution in [3.8, 4) is 5.75 Å². The zero-order valence-electron chi connectivity index (χ0n) is 13.3. The molecule has 20 heavy (non-hydrogen) atoms. The Morgan fingerprint density at radius 1 is 1.35 bits per heavy atom. The van der Waals surface area contributed by atoms with E-state index in [0.717, 1.165) is 36.9 Å². The molecule has 0 fully saturated rings. The first kappa shape index (κ1) is 16.3. The van der Waals surface area contributed by atoms with Crippen molar-refractivity contribution in [1.29, 1.82) is 0 Å². The van der Waals surface area contributed by atoms with Crippen LogP contribution in [0.4, 0.5) is 0 Å². The van der Waals surface area contributed by atoms with Crippen molar-refractivity contribution >= 4 is 5.96 Å². The minimum Gasteiger partial charge on any atom is -0.496 e. The highest BCUT2D eigenvalue weighted by molar-refractivity contribution is 5.79. The number of ether oxygens (including phenoxy) is 1. The van der Waals surface area contributed by atoms with Crippen LogP contribution >= 0.6 is 0 Å². The van der Waals surface area contributed by atoms with Gasteiger partial charge in [-0.1, -0.05) is 32.0 Å². The maximum atomic E-state index is 5.40. The second-order valence-corrected chi connectivity index (χ2v) is 5.26. The van der Waals surface area contributed by atoms with E-state index in [0.29, 0.717) is 5.92 Å². The second-order valence-electron chi connectivity index (χ2n) is 5.26. The Morgan fingerprint density at radius 3 is 2.65 bits per heavy atom. The zero-order chi connectivity index (χ0) is 15.0. The van der Waals surface area contributed by atoms with Crippen LogP contribution in [0.5, 0.6) is 5.75 Å². The highest BCUT2D eigenvalue weighted by atomic mass is 16.5. The van der Waals surface area contributed by atoms with Gasteiger partial charge in [0, 0.05) is 32.2 Å². The van der Waals surface area contributed by atoms with Crippen LogP contribution in [0, 0.1) is 5.92 Å². The van der Waals surface area contributed by atoms with E-state index in [1.165, 1.54) is 0 Å². The molecule has 0 atom stereocenters. The molecule has 0 aliphatic rings. The summed E-state index contributed by atoms with van der Waals surface area (Å²) in [4.78, 5) is 6.78. The Labute approximate surface area is 122 Å². The predicted molar refractivity (Wildman–Crippen MR) is 85.3 cm³/mol. The molecular formula is C16H27N3O. The monoisotopic (exact) mass is 277 g/mol. The van der Waals surface area contributed by atoms with E-state index in [1.807, 2.05) is 25.2 Å². The molecule has 0 aliphatic heterocycles. The summed E-state index contributed by atoms with van der Waals surface area (Å²) in [6.07, 6.45) is 0. The summed E-state index contributed by atoms with van der Waals surface area (Å²) in [5.74, 6) is 2.41. The minimum atomic E-state index is 0.559. The molecule has 0 unspecified atom stereocenters. The number of aliphatic imine (C=N–C) groups is 1. The quantitative estimate of drug-likeness (QED) is 0.641. The van der Waals surface area contributed by atoms with Gasteiger partial charge in [0.05, 0.1) is 7.11 Å². The molecule has 0 heterocycles. The third-order valence-corrected chi connectivity index (χ3v) is 2.90. The Balaban J connectivity index is 2.79. The number of nitrogens with zero attached hydrogens (tertiary/aromatic N) is 2. The van der Waals surface area contributed by atoms with Crippen LogP contribution in [-0.4, -0.2) is 38.1 Å². The van der Waals surface area contributed by atoms with E-state index in [4.69, 9.17) is 4.74 Å². The standard InChI is InChI=1S/C16H27N3O/c1-6-17-16(18-11-13(2)3)19(4)12-14-9-7-8-10-15(14)20-5/h7-10,13H,6,11-12H2,1-5H3,(H,17,18). The van der Waals surface area contributed by atoms with Gasteiger partial charge in [-0.3, -0.25) is 4.99 Å². The van der Waals surface area contributed by atoms with Crippen LogP contribution in [-0.2, 0) is 6.54 Å². The fourth-order valence-electron chi connectivity index (χ4n) is 1.90. The summed E-state index contributed by atoms with van der Waals surface area (Å²) >= 11 is 0. The van der Waals surface area contributed by atoms with Gasteiger partial charge < -0.3 is 15.0 Å². The Kier molecular flexibility index (Phi) is 6.91. The number of rotatable bonds is 6. The van der Waals surface area contributed by atoms with Crippen molar-refractivity contribution in [3.05, 3.63) is 29.8 Å². The first-order valence-electron chi connectivity index (χ1n) is 7.19. The molecular weight excluding hydrogens is 250 g/mol. The molecule has 4 nitrogen and oxygen atoms in total. The summed E-state index contributed by atoms with van der Waals surface area (Å²) < 4.78 is 5.40. The first-order chi connectivity index (χ1) is 9.58. The molecule has 0 saturated carbocycles. The second kappa shape index (κ2) is 8.46. The van der Waals surface area contributed by atoms with Crippen molar-refractivity contribution in [3.63, 3.8) is 0 Å². The number of para-hydroxylation sites is 1. The number of benzene rings is 1. The van der Waals surface area contributed by atoms with Crippen LogP contribution in [0.3, 0.4) is 0 Å². The SMILES string of the molecule is CCNC(=NCC(C)C)N(C)Cc1ccccc1OC. The molecule has 0 bridgehead atoms. The smallest absolute Gasteiger partial charge is 0.193 e. The summed E-state index contributed by atoms with van der Waals surface area (Å²) in [6, 6.07) is 8.09. The molecule has 0 amide bonds. The highest BCUT2D eigenvalue weighted by Gasteiger charge is 2.09. The molecule has 0 saturated heterocycles. The third-order valence-electron chi connectivity index (χ3n) is 2.90. The maximum absolute atomic E-state index is 5.40. The summed E-state index contributed by atoms with van der Waals surface area (Å²) in [5, 5.41) is 3.33. The molecule has 0 aliphatic carbocycles. The zero-order valence-corrected chi connectivity index (χ0v) is 13.3. The topological polar surface area (TPSA) is 36.9 Å². The van der Waals surface area contributed by atoms with Crippen molar-refractivity contribution in [2.24, 2.45) is 10.9 Å². The summed E-state index contributed by atoms with van der Waals surface area (Å²) in [6.45, 7) is 8.90. The van der Waals surface area contributed by atoms with Crippen LogP contribution in [0.1, 0.15) is 26.3 Å². The lowest BCUT2D eigenvalue weighted by Crippen LogP contribution is -2.38. The lowest BCUT2D eigenvalue weighted by molar-refractivity contribution is 0.396. The molecule has 1 rings (SSSR count). The van der Waals surface area contributed by atoms with Gasteiger partial charge in [0.1, 0.15) is 5.75 Å². The minimum absolute atomic E-state index is 0.559. The molecule has 0 radical (unpaired) electrons. The molecule has 1 N–H and O–H groups in total. The van der Waals surface area contributed by atoms with Gasteiger partial charge >= 0.3 is 0 Å². The molecule has 0 spiro atoms. The van der Waals surface area contributed by atoms with Crippen LogP contribution in [0.2, 0.25) is 0 Å². The maximum Gasteiger partial charge on any atom is 0.193 e. The van der Waals surface area contributed by atoms with Gasteiger partial charge in [-0.05, 0) is 18.9 Å². The molecule has 1 aromatic rings. The van der Waals surface area contributed by atoms with Gasteiger partial charge in [0.15, 0.2) is 5.96 Å². The molecule has 112 valence electrons. The number of hydrogen-bond acceptors (Lipinski definition) is 2. The fraction of sp³-hybridized carbons (Fsp3) is 0.562. The van der Waals surface area contributed by atoms with E-state index in [1.54, 1.807) is 7.11 Å². The van der Waals surface area contributed by atoms with Gasteiger partial charge in [-0.15, -0.1) is 0 Å². The highest BCUT2D eigenvalue weighted by Crippen LogP contribution is 2.18. The van der Waals surface area contributed by atoms with E-state index >= 15 is 0 Å². The summed E-state index contributed by atoms with van der Waals surface area (Å²) in [5.41, 5.74) is 1.16. The number of hydrogen-bond donors (Lipinski definition) is 1. The molecule has 1 aromatic carbocycles. The summed E-state index contributed by atoms with van der Waals surface area (Å²) in [7, 11) is 3.76. The van der Waals surface area contributed by atoms with Gasteiger partial charge in [-0.2, -0.15) is 0 Å². The van der Waals surface area contributed by atoms with Crippen molar-refractivity contribution in [2.45, 2.75) is 27.3 Å². The van der Waals surface area contributed by atoms with Crippen molar-refractivity contribution in [2.75, 3.05) is 27.2 Å². The Morgan fingerprint density at radius 2 is 2.05 bits per heavy atom. The largest absolute Gasteiger partial charge is 0.496 e. The van der Waals surface area contributed by atoms with E-state index in [-0.39, 0.29) is 0 Å². The van der Waals surface area contributed by atoms with Crippen molar-refractivity contribution < 1.29 is 4.74 Å². The molecule has 4 heteroatoms. The fourth-order valence-corrected chi connectivity index (χ4v) is 1.90. The van der Waals surface area contributed by atoms with Crippen LogP contribution < -0.4 is 10.1 Å². The normalized spacial score (nSPS) is 11.6. The average Bonchev–Trinajstić information content (AvgIpc) is 2.43. The van der Waals surface area contributed by atoms with Crippen molar-refractivity contribution in [1.82, 2.24) is 10.2 Å². The third kappa shape index (κ3) is 5.11. The average molecular weight is 277 g/mol. The number of guanidine groups is 1. The van der Waals surface area contributed by atoms with E-state index < -0.39 is 0 Å². The first-order valence-corrected chi connectivity index (χ1v) is 7.19. The van der Waals surface area contributed by atoms with Gasteiger partial charge in [-0.25, -0.2) is 0 Å². The van der Waals surface area contributed by atoms with Gasteiger partial charge in [0.25, 0.3) is 0 Å². The molecule has 0 aromatic heterocycles. The van der Waals surface area contributed by atoms with Gasteiger partial charge in [0.2, 0.25) is 0 Å². The van der Waals surface area contributed by atoms with Crippen LogP contribution in [0.25, 0.3) is 0 Å². The lowest BCUT2D eigenvalue weighted by atomic mass is 10.2. The number of methoxy groups -OCH3 is 1. The van der Waals surface area contributed by atoms with E-state index in [9.17, 15) is 0 Å². The Bertz CT molecular complexity index is 429. The Hall–Kier alpha value is -1.71. The lowest BCUT2D eigenvalue weighted by Gasteiger charge is -2.23. The number of nitrogens with one attached hydrogen (secondary N) is 1. The predicted octanol–water partition coefficient (Wildman–Crippen LogP) is 2.75.